The Labute approximate surface area is 110 Å². The Bertz CT molecular complexity index is 498. The molecule has 0 radical (unpaired) electrons. The number of nitrogens with zero attached hydrogens (tertiary/aromatic N) is 2. The number of likely N-dealkylation sites (N-methyl/N-ethyl adjacent to an activating group) is 1. The van der Waals surface area contributed by atoms with E-state index in [2.05, 4.69) is 4.98 Å². The van der Waals surface area contributed by atoms with Crippen LogP contribution in [-0.2, 0) is 11.3 Å². The van der Waals surface area contributed by atoms with Crippen molar-refractivity contribution in [1.82, 2.24) is 9.88 Å². The molecule has 1 atom stereocenters. The largest absolute Gasteiger partial charge is 0.340 e. The zero-order chi connectivity index (χ0) is 13.0. The number of rotatable bonds is 4. The fourth-order valence-corrected chi connectivity index (χ4v) is 2.39. The van der Waals surface area contributed by atoms with Crippen LogP contribution in [-0.4, -0.2) is 22.8 Å². The van der Waals surface area contributed by atoms with Gasteiger partial charge in [0.25, 0.3) is 0 Å². The normalized spacial score (nSPS) is 12.1. The van der Waals surface area contributed by atoms with Crippen LogP contribution in [0.4, 0.5) is 0 Å². The summed E-state index contributed by atoms with van der Waals surface area (Å²) in [7, 11) is 1.76. The van der Waals surface area contributed by atoms with Crippen LogP contribution in [0.2, 0.25) is 0 Å². The SMILES string of the molecule is CN(Cc1ccncc1)C(=O)C(N)c1cccs1. The molecular weight excluding hydrogens is 246 g/mol. The molecule has 0 saturated heterocycles. The highest BCUT2D eigenvalue weighted by atomic mass is 32.1. The fourth-order valence-electron chi connectivity index (χ4n) is 1.67. The summed E-state index contributed by atoms with van der Waals surface area (Å²) in [5, 5.41) is 1.92. The van der Waals surface area contributed by atoms with Crippen LogP contribution in [0.5, 0.6) is 0 Å². The number of amides is 1. The maximum Gasteiger partial charge on any atom is 0.244 e. The van der Waals surface area contributed by atoms with Gasteiger partial charge in [0.15, 0.2) is 0 Å². The lowest BCUT2D eigenvalue weighted by atomic mass is 10.2. The second kappa shape index (κ2) is 5.75. The van der Waals surface area contributed by atoms with Gasteiger partial charge in [-0.2, -0.15) is 0 Å². The summed E-state index contributed by atoms with van der Waals surface area (Å²) in [6.45, 7) is 0.542. The highest BCUT2D eigenvalue weighted by Crippen LogP contribution is 2.19. The Kier molecular flexibility index (Phi) is 4.07. The van der Waals surface area contributed by atoms with Crippen molar-refractivity contribution in [3.05, 3.63) is 52.5 Å². The molecule has 94 valence electrons. The van der Waals surface area contributed by atoms with Crippen LogP contribution in [0.1, 0.15) is 16.5 Å². The van der Waals surface area contributed by atoms with E-state index in [9.17, 15) is 4.79 Å². The number of hydrogen-bond acceptors (Lipinski definition) is 4. The molecule has 1 amide bonds. The third-order valence-electron chi connectivity index (χ3n) is 2.66. The molecule has 4 nitrogen and oxygen atoms in total. The van der Waals surface area contributed by atoms with E-state index in [1.807, 2.05) is 29.6 Å². The molecule has 0 saturated carbocycles. The van der Waals surface area contributed by atoms with Gasteiger partial charge in [-0.25, -0.2) is 0 Å². The topological polar surface area (TPSA) is 59.2 Å². The smallest absolute Gasteiger partial charge is 0.244 e. The second-order valence-electron chi connectivity index (χ2n) is 4.04. The lowest BCUT2D eigenvalue weighted by Gasteiger charge is -2.20. The Morgan fingerprint density at radius 1 is 1.44 bits per heavy atom. The molecular formula is C13H15N3OS. The maximum atomic E-state index is 12.1. The van der Waals surface area contributed by atoms with Gasteiger partial charge in [0.05, 0.1) is 0 Å². The van der Waals surface area contributed by atoms with Gasteiger partial charge >= 0.3 is 0 Å². The Morgan fingerprint density at radius 3 is 2.78 bits per heavy atom. The molecule has 2 N–H and O–H groups in total. The molecule has 0 aromatic carbocycles. The summed E-state index contributed by atoms with van der Waals surface area (Å²) in [6, 6.07) is 6.99. The lowest BCUT2D eigenvalue weighted by molar-refractivity contribution is -0.131. The molecule has 1 unspecified atom stereocenters. The van der Waals surface area contributed by atoms with E-state index in [1.165, 1.54) is 11.3 Å². The van der Waals surface area contributed by atoms with Gasteiger partial charge in [-0.15, -0.1) is 11.3 Å². The van der Waals surface area contributed by atoms with Gasteiger partial charge in [0.1, 0.15) is 6.04 Å². The monoisotopic (exact) mass is 261 g/mol. The third-order valence-corrected chi connectivity index (χ3v) is 3.62. The standard InChI is InChI=1S/C13H15N3OS/c1-16(9-10-4-6-15-7-5-10)13(17)12(14)11-3-2-8-18-11/h2-8,12H,9,14H2,1H3. The Hall–Kier alpha value is -1.72. The number of carbonyl (C=O) groups is 1. The molecule has 2 aromatic heterocycles. The second-order valence-corrected chi connectivity index (χ2v) is 5.02. The summed E-state index contributed by atoms with van der Waals surface area (Å²) >= 11 is 1.50. The minimum absolute atomic E-state index is 0.0748. The van der Waals surface area contributed by atoms with E-state index in [1.54, 1.807) is 24.3 Å². The zero-order valence-corrected chi connectivity index (χ0v) is 10.9. The molecule has 0 spiro atoms. The van der Waals surface area contributed by atoms with Gasteiger partial charge in [0.2, 0.25) is 5.91 Å². The van der Waals surface area contributed by atoms with E-state index in [4.69, 9.17) is 5.73 Å². The maximum absolute atomic E-state index is 12.1. The summed E-state index contributed by atoms with van der Waals surface area (Å²) in [4.78, 5) is 18.6. The van der Waals surface area contributed by atoms with Gasteiger partial charge in [-0.3, -0.25) is 9.78 Å². The van der Waals surface area contributed by atoms with Gasteiger partial charge in [-0.1, -0.05) is 6.07 Å². The number of nitrogens with two attached hydrogens (primary N) is 1. The first-order valence-corrected chi connectivity index (χ1v) is 6.49. The van der Waals surface area contributed by atoms with Crippen LogP contribution in [0.15, 0.2) is 42.0 Å². The van der Waals surface area contributed by atoms with E-state index in [-0.39, 0.29) is 5.91 Å². The Balaban J connectivity index is 2.01. The van der Waals surface area contributed by atoms with Crippen molar-refractivity contribution in [3.63, 3.8) is 0 Å². The van der Waals surface area contributed by atoms with Crippen molar-refractivity contribution in [2.45, 2.75) is 12.6 Å². The Morgan fingerprint density at radius 2 is 2.17 bits per heavy atom. The van der Waals surface area contributed by atoms with Crippen LogP contribution >= 0.6 is 11.3 Å². The molecule has 0 aliphatic rings. The quantitative estimate of drug-likeness (QED) is 0.913. The average molecular weight is 261 g/mol. The van der Waals surface area contributed by atoms with Crippen molar-refractivity contribution >= 4 is 17.2 Å². The first kappa shape index (κ1) is 12.7. The molecule has 0 aliphatic heterocycles. The van der Waals surface area contributed by atoms with Crippen molar-refractivity contribution < 1.29 is 4.79 Å². The van der Waals surface area contributed by atoms with Crippen molar-refractivity contribution in [2.24, 2.45) is 5.73 Å². The fraction of sp³-hybridized carbons (Fsp3) is 0.231. The van der Waals surface area contributed by atoms with Crippen LogP contribution in [0.3, 0.4) is 0 Å². The van der Waals surface area contributed by atoms with Gasteiger partial charge < -0.3 is 10.6 Å². The molecule has 0 fully saturated rings. The number of pyridine rings is 1. The summed E-state index contributed by atoms with van der Waals surface area (Å²) in [6.07, 6.45) is 3.43. The molecule has 0 bridgehead atoms. The van der Waals surface area contributed by atoms with Crippen molar-refractivity contribution in [1.29, 1.82) is 0 Å². The van der Waals surface area contributed by atoms with Crippen LogP contribution < -0.4 is 5.73 Å². The molecule has 0 aliphatic carbocycles. The van der Waals surface area contributed by atoms with Gasteiger partial charge in [0, 0.05) is 30.9 Å². The summed E-state index contributed by atoms with van der Waals surface area (Å²) < 4.78 is 0. The highest BCUT2D eigenvalue weighted by molar-refractivity contribution is 7.10. The first-order chi connectivity index (χ1) is 8.68. The predicted molar refractivity (Wildman–Crippen MR) is 72.0 cm³/mol. The summed E-state index contributed by atoms with van der Waals surface area (Å²) in [5.74, 6) is -0.0748. The zero-order valence-electron chi connectivity index (χ0n) is 10.1. The van der Waals surface area contributed by atoms with E-state index < -0.39 is 6.04 Å². The number of thiophene rings is 1. The van der Waals surface area contributed by atoms with Crippen LogP contribution in [0, 0.1) is 0 Å². The molecule has 2 aromatic rings. The number of carbonyl (C=O) groups excluding carboxylic acids is 1. The number of hydrogen-bond donors (Lipinski definition) is 1. The number of aromatic nitrogens is 1. The van der Waals surface area contributed by atoms with E-state index in [0.29, 0.717) is 6.54 Å². The third kappa shape index (κ3) is 2.94. The summed E-state index contributed by atoms with van der Waals surface area (Å²) in [5.41, 5.74) is 6.99. The average Bonchev–Trinajstić information content (AvgIpc) is 2.92. The van der Waals surface area contributed by atoms with E-state index in [0.717, 1.165) is 10.4 Å². The van der Waals surface area contributed by atoms with Gasteiger partial charge in [-0.05, 0) is 29.1 Å². The highest BCUT2D eigenvalue weighted by Gasteiger charge is 2.20. The molecule has 2 rings (SSSR count). The molecule has 18 heavy (non-hydrogen) atoms. The minimum Gasteiger partial charge on any atom is -0.340 e. The van der Waals surface area contributed by atoms with Crippen molar-refractivity contribution in [3.8, 4) is 0 Å². The lowest BCUT2D eigenvalue weighted by Crippen LogP contribution is -2.35. The van der Waals surface area contributed by atoms with Crippen LogP contribution in [0.25, 0.3) is 0 Å². The van der Waals surface area contributed by atoms with E-state index >= 15 is 0 Å². The predicted octanol–water partition coefficient (Wildman–Crippen LogP) is 1.80. The molecule has 5 heteroatoms. The minimum atomic E-state index is -0.572. The first-order valence-electron chi connectivity index (χ1n) is 5.61. The van der Waals surface area contributed by atoms with Crippen molar-refractivity contribution in [2.75, 3.05) is 7.05 Å². The molecule has 2 heterocycles.